The molecule has 0 atom stereocenters. The minimum atomic E-state index is -4.57. The standard InChI is InChI=1S/C18H18BrF3N4OS/c1-5-10-6-11(19)7-12-13(10)23-16(28-12)24-15(27)17(3,4)26-8-9(2)14(25-26)18(20,21)22/h6-8H,5H2,1-4H3,(H,23,24,27). The van der Waals surface area contributed by atoms with E-state index in [1.165, 1.54) is 38.3 Å². The molecule has 0 aliphatic carbocycles. The first-order chi connectivity index (χ1) is 12.9. The normalized spacial score (nSPS) is 12.6. The van der Waals surface area contributed by atoms with Gasteiger partial charge in [-0.25, -0.2) is 4.98 Å². The molecule has 0 bridgehead atoms. The SMILES string of the molecule is CCc1cc(Br)cc2sc(NC(=O)C(C)(C)n3cc(C)c(C(F)(F)F)n3)nc12. The van der Waals surface area contributed by atoms with Crippen LogP contribution in [0.3, 0.4) is 0 Å². The molecule has 150 valence electrons. The summed E-state index contributed by atoms with van der Waals surface area (Å²) in [6, 6.07) is 3.89. The van der Waals surface area contributed by atoms with Gasteiger partial charge in [0, 0.05) is 10.7 Å². The number of rotatable bonds is 4. The molecule has 2 aromatic heterocycles. The Morgan fingerprint density at radius 1 is 1.32 bits per heavy atom. The second-order valence-electron chi connectivity index (χ2n) is 6.90. The Kier molecular flexibility index (Phi) is 5.30. The highest BCUT2D eigenvalue weighted by atomic mass is 79.9. The largest absolute Gasteiger partial charge is 0.435 e. The third-order valence-corrected chi connectivity index (χ3v) is 5.81. The summed E-state index contributed by atoms with van der Waals surface area (Å²) in [4.78, 5) is 17.3. The summed E-state index contributed by atoms with van der Waals surface area (Å²) in [5.41, 5.74) is -0.520. The number of halogens is 4. The number of thiazole rings is 1. The fourth-order valence-corrected chi connectivity index (χ4v) is 4.37. The molecule has 0 spiro atoms. The number of fused-ring (bicyclic) bond motifs is 1. The van der Waals surface area contributed by atoms with Crippen LogP contribution in [0.1, 0.15) is 37.6 Å². The van der Waals surface area contributed by atoms with E-state index >= 15 is 0 Å². The summed E-state index contributed by atoms with van der Waals surface area (Å²) in [6.45, 7) is 6.35. The number of hydrogen-bond acceptors (Lipinski definition) is 4. The van der Waals surface area contributed by atoms with E-state index in [1.54, 1.807) is 0 Å². The first-order valence-corrected chi connectivity index (χ1v) is 10.1. The Bertz CT molecular complexity index is 1060. The Morgan fingerprint density at radius 2 is 2.00 bits per heavy atom. The predicted molar refractivity (Wildman–Crippen MR) is 107 cm³/mol. The molecule has 0 saturated heterocycles. The van der Waals surface area contributed by atoms with Gasteiger partial charge < -0.3 is 0 Å². The molecular formula is C18H18BrF3N4OS. The quantitative estimate of drug-likeness (QED) is 0.541. The van der Waals surface area contributed by atoms with Gasteiger partial charge in [0.2, 0.25) is 0 Å². The minimum Gasteiger partial charge on any atom is -0.300 e. The average Bonchev–Trinajstić information content (AvgIpc) is 3.16. The van der Waals surface area contributed by atoms with Crippen molar-refractivity contribution in [2.75, 3.05) is 5.32 Å². The summed E-state index contributed by atoms with van der Waals surface area (Å²) in [6.07, 6.45) is -2.56. The zero-order valence-corrected chi connectivity index (χ0v) is 18.0. The number of anilines is 1. The zero-order valence-electron chi connectivity index (χ0n) is 15.6. The molecular weight excluding hydrogens is 457 g/mol. The fraction of sp³-hybridized carbons (Fsp3) is 0.389. The van der Waals surface area contributed by atoms with Gasteiger partial charge in [-0.1, -0.05) is 34.2 Å². The lowest BCUT2D eigenvalue weighted by atomic mass is 10.1. The third-order valence-electron chi connectivity index (χ3n) is 4.43. The Hall–Kier alpha value is -1.94. The van der Waals surface area contributed by atoms with Crippen molar-refractivity contribution in [1.82, 2.24) is 14.8 Å². The highest BCUT2D eigenvalue weighted by molar-refractivity contribution is 9.10. The average molecular weight is 475 g/mol. The van der Waals surface area contributed by atoms with Gasteiger partial charge >= 0.3 is 6.18 Å². The summed E-state index contributed by atoms with van der Waals surface area (Å²) >= 11 is 4.77. The van der Waals surface area contributed by atoms with Gasteiger partial charge in [-0.05, 0) is 50.5 Å². The number of aryl methyl sites for hydroxylation is 2. The van der Waals surface area contributed by atoms with Crippen LogP contribution >= 0.6 is 27.3 Å². The fourth-order valence-electron chi connectivity index (χ4n) is 2.77. The van der Waals surface area contributed by atoms with Crippen molar-refractivity contribution in [1.29, 1.82) is 0 Å². The van der Waals surface area contributed by atoms with Crippen molar-refractivity contribution >= 4 is 48.5 Å². The van der Waals surface area contributed by atoms with Crippen molar-refractivity contribution < 1.29 is 18.0 Å². The number of carbonyl (C=O) groups is 1. The van der Waals surface area contributed by atoms with Crippen molar-refractivity contribution in [3.8, 4) is 0 Å². The molecule has 28 heavy (non-hydrogen) atoms. The molecule has 3 aromatic rings. The van der Waals surface area contributed by atoms with E-state index in [2.05, 4.69) is 31.3 Å². The molecule has 0 aliphatic heterocycles. The Morgan fingerprint density at radius 3 is 2.57 bits per heavy atom. The van der Waals surface area contributed by atoms with Gasteiger partial charge in [0.05, 0.1) is 10.2 Å². The van der Waals surface area contributed by atoms with Crippen LogP contribution < -0.4 is 5.32 Å². The van der Waals surface area contributed by atoms with Gasteiger partial charge in [-0.3, -0.25) is 14.8 Å². The maximum atomic E-state index is 13.0. The zero-order chi connectivity index (χ0) is 20.9. The molecule has 3 rings (SSSR count). The van der Waals surface area contributed by atoms with Crippen LogP contribution in [-0.4, -0.2) is 20.7 Å². The summed E-state index contributed by atoms with van der Waals surface area (Å²) in [5, 5.41) is 6.71. The minimum absolute atomic E-state index is 0.0363. The number of carbonyl (C=O) groups excluding carboxylic acids is 1. The van der Waals surface area contributed by atoms with Crippen LogP contribution in [0.25, 0.3) is 10.2 Å². The van der Waals surface area contributed by atoms with Gasteiger partial charge in [0.15, 0.2) is 10.8 Å². The van der Waals surface area contributed by atoms with Crippen molar-refractivity contribution in [2.24, 2.45) is 0 Å². The second-order valence-corrected chi connectivity index (χ2v) is 8.85. The van der Waals surface area contributed by atoms with E-state index in [1.807, 2.05) is 19.1 Å². The van der Waals surface area contributed by atoms with Gasteiger partial charge in [-0.2, -0.15) is 18.3 Å². The van der Waals surface area contributed by atoms with E-state index in [4.69, 9.17) is 0 Å². The number of nitrogens with zero attached hydrogens (tertiary/aromatic N) is 3. The maximum absolute atomic E-state index is 13.0. The molecule has 0 radical (unpaired) electrons. The van der Waals surface area contributed by atoms with Gasteiger partial charge in [0.25, 0.3) is 5.91 Å². The van der Waals surface area contributed by atoms with Crippen LogP contribution in [0, 0.1) is 6.92 Å². The van der Waals surface area contributed by atoms with Gasteiger partial charge in [-0.15, -0.1) is 0 Å². The Labute approximate surface area is 172 Å². The lowest BCUT2D eigenvalue weighted by molar-refractivity contribution is -0.142. The first-order valence-electron chi connectivity index (χ1n) is 8.47. The van der Waals surface area contributed by atoms with Crippen LogP contribution in [-0.2, 0) is 22.9 Å². The summed E-state index contributed by atoms with van der Waals surface area (Å²) in [7, 11) is 0. The lowest BCUT2D eigenvalue weighted by Crippen LogP contribution is -2.40. The van der Waals surface area contributed by atoms with E-state index in [0.29, 0.717) is 5.13 Å². The van der Waals surface area contributed by atoms with Crippen LogP contribution in [0.4, 0.5) is 18.3 Å². The molecule has 10 heteroatoms. The molecule has 0 unspecified atom stereocenters. The Balaban J connectivity index is 1.91. The molecule has 1 amide bonds. The van der Waals surface area contributed by atoms with Gasteiger partial charge in [0.1, 0.15) is 5.54 Å². The molecule has 5 nitrogen and oxygen atoms in total. The predicted octanol–water partition coefficient (Wildman–Crippen LogP) is 5.52. The lowest BCUT2D eigenvalue weighted by Gasteiger charge is -2.23. The number of alkyl halides is 3. The monoisotopic (exact) mass is 474 g/mol. The van der Waals surface area contributed by atoms with E-state index < -0.39 is 23.3 Å². The van der Waals surface area contributed by atoms with Crippen LogP contribution in [0.15, 0.2) is 22.8 Å². The molecule has 2 heterocycles. The molecule has 1 aromatic carbocycles. The topological polar surface area (TPSA) is 59.8 Å². The van der Waals surface area contributed by atoms with Crippen molar-refractivity contribution in [3.63, 3.8) is 0 Å². The molecule has 0 saturated carbocycles. The van der Waals surface area contributed by atoms with E-state index in [9.17, 15) is 18.0 Å². The van der Waals surface area contributed by atoms with E-state index in [0.717, 1.165) is 31.4 Å². The number of benzene rings is 1. The number of hydrogen-bond donors (Lipinski definition) is 1. The molecule has 1 N–H and O–H groups in total. The maximum Gasteiger partial charge on any atom is 0.435 e. The van der Waals surface area contributed by atoms with Crippen molar-refractivity contribution in [3.05, 3.63) is 39.6 Å². The highest BCUT2D eigenvalue weighted by Crippen LogP contribution is 2.34. The van der Waals surface area contributed by atoms with Crippen molar-refractivity contribution in [2.45, 2.75) is 45.8 Å². The summed E-state index contributed by atoms with van der Waals surface area (Å²) < 4.78 is 42.0. The first kappa shape index (κ1) is 20.8. The molecule has 0 fully saturated rings. The van der Waals surface area contributed by atoms with Crippen LogP contribution in [0.2, 0.25) is 0 Å². The number of nitrogens with one attached hydrogen (secondary N) is 1. The summed E-state index contributed by atoms with van der Waals surface area (Å²) in [5.74, 6) is -0.500. The third kappa shape index (κ3) is 3.80. The van der Waals surface area contributed by atoms with Crippen LogP contribution in [0.5, 0.6) is 0 Å². The number of aromatic nitrogens is 3. The van der Waals surface area contributed by atoms with E-state index in [-0.39, 0.29) is 5.56 Å². The smallest absolute Gasteiger partial charge is 0.300 e. The highest BCUT2D eigenvalue weighted by Gasteiger charge is 2.39. The second kappa shape index (κ2) is 7.14. The molecule has 0 aliphatic rings. The number of amides is 1.